The van der Waals surface area contributed by atoms with Crippen LogP contribution in [0.4, 0.5) is 10.5 Å². The summed E-state index contributed by atoms with van der Waals surface area (Å²) >= 11 is 0. The number of aryl methyl sites for hydroxylation is 2. The molecular weight excluding hydrogens is 248 g/mol. The molecule has 7 heteroatoms. The molecule has 19 heavy (non-hydrogen) atoms. The number of likely N-dealkylation sites (N-methyl/N-ethyl adjacent to an activating group) is 1. The third kappa shape index (κ3) is 3.70. The van der Waals surface area contributed by atoms with E-state index in [1.54, 1.807) is 27.9 Å². The van der Waals surface area contributed by atoms with E-state index in [1.807, 2.05) is 6.92 Å². The van der Waals surface area contributed by atoms with Crippen LogP contribution in [-0.4, -0.2) is 42.1 Å². The van der Waals surface area contributed by atoms with Crippen molar-refractivity contribution in [3.8, 4) is 0 Å². The maximum atomic E-state index is 11.8. The second-order valence-corrected chi connectivity index (χ2v) is 4.47. The number of rotatable bonds is 4. The minimum Gasteiger partial charge on any atom is -0.359 e. The van der Waals surface area contributed by atoms with Crippen molar-refractivity contribution < 1.29 is 14.1 Å². The molecule has 3 amide bonds. The van der Waals surface area contributed by atoms with Crippen molar-refractivity contribution in [1.29, 1.82) is 0 Å². The summed E-state index contributed by atoms with van der Waals surface area (Å²) in [7, 11) is 3.27. The highest BCUT2D eigenvalue weighted by Gasteiger charge is 2.19. The van der Waals surface area contributed by atoms with Gasteiger partial charge < -0.3 is 20.1 Å². The highest BCUT2D eigenvalue weighted by Crippen LogP contribution is 2.19. The predicted octanol–water partition coefficient (Wildman–Crippen LogP) is 1.14. The van der Waals surface area contributed by atoms with Crippen LogP contribution in [0, 0.1) is 6.92 Å². The molecule has 1 aromatic rings. The standard InChI is InChI=1S/C12H20N4O3/c1-6-9-10(8(3)19-15-9)14-12(18)13-7(2)11(17)16(4)5/h7H,6H2,1-5H3,(H2,13,14,18)/t7-/m0/s1. The summed E-state index contributed by atoms with van der Waals surface area (Å²) in [6.07, 6.45) is 0.652. The Hall–Kier alpha value is -2.05. The van der Waals surface area contributed by atoms with Gasteiger partial charge >= 0.3 is 6.03 Å². The van der Waals surface area contributed by atoms with Gasteiger partial charge in [-0.15, -0.1) is 0 Å². The highest BCUT2D eigenvalue weighted by molar-refractivity contribution is 5.94. The Kier molecular flexibility index (Phi) is 4.91. The second kappa shape index (κ2) is 6.21. The molecule has 0 radical (unpaired) electrons. The van der Waals surface area contributed by atoms with Crippen molar-refractivity contribution in [2.45, 2.75) is 33.2 Å². The molecule has 0 fully saturated rings. The zero-order valence-electron chi connectivity index (χ0n) is 11.9. The van der Waals surface area contributed by atoms with Gasteiger partial charge in [-0.05, 0) is 20.3 Å². The lowest BCUT2D eigenvalue weighted by atomic mass is 10.2. The lowest BCUT2D eigenvalue weighted by molar-refractivity contribution is -0.130. The Morgan fingerprint density at radius 3 is 2.58 bits per heavy atom. The van der Waals surface area contributed by atoms with Gasteiger partial charge in [-0.25, -0.2) is 4.79 Å². The Morgan fingerprint density at radius 1 is 1.42 bits per heavy atom. The topological polar surface area (TPSA) is 87.5 Å². The zero-order valence-corrected chi connectivity index (χ0v) is 11.9. The molecule has 1 aromatic heterocycles. The van der Waals surface area contributed by atoms with Gasteiger partial charge in [0, 0.05) is 14.1 Å². The summed E-state index contributed by atoms with van der Waals surface area (Å²) in [5.74, 6) is 0.367. The van der Waals surface area contributed by atoms with Crippen LogP contribution < -0.4 is 10.6 Å². The van der Waals surface area contributed by atoms with E-state index in [2.05, 4.69) is 15.8 Å². The van der Waals surface area contributed by atoms with Gasteiger partial charge in [-0.3, -0.25) is 4.79 Å². The first-order chi connectivity index (χ1) is 8.86. The molecule has 1 atom stereocenters. The number of hydrogen-bond acceptors (Lipinski definition) is 4. The Labute approximate surface area is 112 Å². The van der Waals surface area contributed by atoms with E-state index < -0.39 is 12.1 Å². The largest absolute Gasteiger partial charge is 0.359 e. The number of urea groups is 1. The Morgan fingerprint density at radius 2 is 2.05 bits per heavy atom. The Bertz CT molecular complexity index is 468. The molecule has 7 nitrogen and oxygen atoms in total. The Balaban J connectivity index is 2.65. The maximum absolute atomic E-state index is 11.8. The molecule has 0 aliphatic carbocycles. The van der Waals surface area contributed by atoms with Crippen molar-refractivity contribution in [1.82, 2.24) is 15.4 Å². The van der Waals surface area contributed by atoms with E-state index in [0.717, 1.165) is 0 Å². The highest BCUT2D eigenvalue weighted by atomic mass is 16.5. The SMILES string of the molecule is CCc1noc(C)c1NC(=O)N[C@@H](C)C(=O)N(C)C. The molecule has 0 unspecified atom stereocenters. The molecule has 0 spiro atoms. The fourth-order valence-electron chi connectivity index (χ4n) is 1.61. The molecule has 1 rings (SSSR count). The van der Waals surface area contributed by atoms with Gasteiger partial charge in [0.15, 0.2) is 5.76 Å². The van der Waals surface area contributed by atoms with Gasteiger partial charge in [0.1, 0.15) is 17.4 Å². The number of amides is 3. The molecule has 2 N–H and O–H groups in total. The molecular formula is C12H20N4O3. The van der Waals surface area contributed by atoms with Crippen LogP contribution in [0.25, 0.3) is 0 Å². The second-order valence-electron chi connectivity index (χ2n) is 4.47. The van der Waals surface area contributed by atoms with Crippen LogP contribution in [-0.2, 0) is 11.2 Å². The van der Waals surface area contributed by atoms with E-state index in [0.29, 0.717) is 23.6 Å². The quantitative estimate of drug-likeness (QED) is 0.857. The predicted molar refractivity (Wildman–Crippen MR) is 70.9 cm³/mol. The van der Waals surface area contributed by atoms with Gasteiger partial charge in [-0.1, -0.05) is 12.1 Å². The van der Waals surface area contributed by atoms with Crippen LogP contribution >= 0.6 is 0 Å². The van der Waals surface area contributed by atoms with E-state index in [1.165, 1.54) is 4.90 Å². The first-order valence-corrected chi connectivity index (χ1v) is 6.10. The minimum atomic E-state index is -0.597. The van der Waals surface area contributed by atoms with Crippen molar-refractivity contribution in [2.75, 3.05) is 19.4 Å². The number of carbonyl (C=O) groups excluding carboxylic acids is 2. The van der Waals surface area contributed by atoms with Crippen molar-refractivity contribution >= 4 is 17.6 Å². The molecule has 1 heterocycles. The molecule has 0 aliphatic rings. The van der Waals surface area contributed by atoms with Crippen LogP contribution in [0.15, 0.2) is 4.52 Å². The summed E-state index contributed by atoms with van der Waals surface area (Å²) < 4.78 is 5.01. The summed E-state index contributed by atoms with van der Waals surface area (Å²) in [6, 6.07) is -1.05. The zero-order chi connectivity index (χ0) is 14.6. The van der Waals surface area contributed by atoms with Gasteiger partial charge in [-0.2, -0.15) is 0 Å². The van der Waals surface area contributed by atoms with Crippen LogP contribution in [0.3, 0.4) is 0 Å². The number of nitrogens with one attached hydrogen (secondary N) is 2. The third-order valence-electron chi connectivity index (χ3n) is 2.67. The fraction of sp³-hybridized carbons (Fsp3) is 0.583. The molecule has 0 aromatic carbocycles. The number of anilines is 1. The van der Waals surface area contributed by atoms with Crippen molar-refractivity contribution in [3.05, 3.63) is 11.5 Å². The van der Waals surface area contributed by atoms with Gasteiger partial charge in [0.25, 0.3) is 0 Å². The summed E-state index contributed by atoms with van der Waals surface area (Å²) in [6.45, 7) is 5.26. The monoisotopic (exact) mass is 268 g/mol. The first-order valence-electron chi connectivity index (χ1n) is 6.10. The van der Waals surface area contributed by atoms with Crippen LogP contribution in [0.1, 0.15) is 25.3 Å². The van der Waals surface area contributed by atoms with E-state index in [4.69, 9.17) is 4.52 Å². The van der Waals surface area contributed by atoms with Gasteiger partial charge in [0.2, 0.25) is 5.91 Å². The number of hydrogen-bond donors (Lipinski definition) is 2. The average Bonchev–Trinajstić information content (AvgIpc) is 2.69. The number of aromatic nitrogens is 1. The summed E-state index contributed by atoms with van der Waals surface area (Å²) in [5.41, 5.74) is 1.24. The summed E-state index contributed by atoms with van der Waals surface area (Å²) in [5, 5.41) is 9.06. The number of carbonyl (C=O) groups is 2. The lowest BCUT2D eigenvalue weighted by Crippen LogP contribution is -2.45. The molecule has 0 saturated carbocycles. The normalized spacial score (nSPS) is 11.8. The molecule has 0 saturated heterocycles. The van der Waals surface area contributed by atoms with E-state index >= 15 is 0 Å². The van der Waals surface area contributed by atoms with E-state index in [9.17, 15) is 9.59 Å². The van der Waals surface area contributed by atoms with Crippen LogP contribution in [0.5, 0.6) is 0 Å². The molecule has 0 aliphatic heterocycles. The fourth-order valence-corrected chi connectivity index (χ4v) is 1.61. The van der Waals surface area contributed by atoms with Gasteiger partial charge in [0.05, 0.1) is 0 Å². The van der Waals surface area contributed by atoms with Crippen molar-refractivity contribution in [3.63, 3.8) is 0 Å². The van der Waals surface area contributed by atoms with Crippen LogP contribution in [0.2, 0.25) is 0 Å². The third-order valence-corrected chi connectivity index (χ3v) is 2.67. The molecule has 106 valence electrons. The average molecular weight is 268 g/mol. The minimum absolute atomic E-state index is 0.173. The molecule has 0 bridgehead atoms. The maximum Gasteiger partial charge on any atom is 0.320 e. The number of nitrogens with zero attached hydrogens (tertiary/aromatic N) is 2. The first kappa shape index (κ1) is 15.0. The van der Waals surface area contributed by atoms with E-state index in [-0.39, 0.29) is 5.91 Å². The van der Waals surface area contributed by atoms with Crippen molar-refractivity contribution in [2.24, 2.45) is 0 Å². The smallest absolute Gasteiger partial charge is 0.320 e. The summed E-state index contributed by atoms with van der Waals surface area (Å²) in [4.78, 5) is 24.9. The lowest BCUT2D eigenvalue weighted by Gasteiger charge is -2.18.